The fourth-order valence-electron chi connectivity index (χ4n) is 2.68. The molecule has 1 aromatic carbocycles. The number of hydrogen-bond donors (Lipinski definition) is 1. The van der Waals surface area contributed by atoms with Crippen molar-refractivity contribution in [3.8, 4) is 0 Å². The quantitative estimate of drug-likeness (QED) is 0.900. The fraction of sp³-hybridized carbons (Fsp3) is 0.571. The number of rotatable bonds is 5. The smallest absolute Gasteiger partial charge is 0.127 e. The predicted octanol–water partition coefficient (Wildman–Crippen LogP) is 3.29. The van der Waals surface area contributed by atoms with Crippen LogP contribution in [0.5, 0.6) is 0 Å². The molecule has 1 atom stereocenters. The lowest BCUT2D eigenvalue weighted by atomic mass is 9.72. The minimum absolute atomic E-state index is 0.117. The van der Waals surface area contributed by atoms with Crippen LogP contribution in [0.3, 0.4) is 0 Å². The molecule has 0 spiro atoms. The first-order chi connectivity index (χ1) is 8.61. The molecule has 0 aliphatic heterocycles. The summed E-state index contributed by atoms with van der Waals surface area (Å²) in [4.78, 5) is 0. The molecular weight excluding hydrogens is 297 g/mol. The van der Waals surface area contributed by atoms with Crippen molar-refractivity contribution in [1.29, 1.82) is 0 Å². The van der Waals surface area contributed by atoms with E-state index < -0.39 is 0 Å². The van der Waals surface area contributed by atoms with Gasteiger partial charge in [-0.1, -0.05) is 22.0 Å². The molecule has 1 N–H and O–H groups in total. The maximum atomic E-state index is 13.9. The number of nitrogens with one attached hydrogen (secondary N) is 1. The van der Waals surface area contributed by atoms with Crippen molar-refractivity contribution in [1.82, 2.24) is 5.32 Å². The summed E-state index contributed by atoms with van der Waals surface area (Å²) in [6.45, 7) is 0. The Morgan fingerprint density at radius 2 is 2.22 bits per heavy atom. The van der Waals surface area contributed by atoms with Gasteiger partial charge in [-0.25, -0.2) is 4.39 Å². The first kappa shape index (κ1) is 14.0. The molecule has 4 heteroatoms. The van der Waals surface area contributed by atoms with Gasteiger partial charge in [-0.15, -0.1) is 0 Å². The monoisotopic (exact) mass is 315 g/mol. The SMILES string of the molecule is CNC(Cc1ccc(Br)cc1F)C1(OC)CCC1. The first-order valence-electron chi connectivity index (χ1n) is 6.27. The minimum Gasteiger partial charge on any atom is -0.377 e. The average Bonchev–Trinajstić information content (AvgIpc) is 2.29. The Balaban J connectivity index is 2.15. The Kier molecular flexibility index (Phi) is 4.41. The second kappa shape index (κ2) is 5.68. The van der Waals surface area contributed by atoms with Crippen molar-refractivity contribution >= 4 is 15.9 Å². The summed E-state index contributed by atoms with van der Waals surface area (Å²) in [7, 11) is 3.67. The van der Waals surface area contributed by atoms with Crippen LogP contribution >= 0.6 is 15.9 Å². The first-order valence-corrected chi connectivity index (χ1v) is 7.07. The lowest BCUT2D eigenvalue weighted by Crippen LogP contribution is -2.56. The van der Waals surface area contributed by atoms with E-state index in [1.165, 1.54) is 12.5 Å². The standard InChI is InChI=1S/C14H19BrFNO/c1-17-13(14(18-2)6-3-7-14)8-10-4-5-11(15)9-12(10)16/h4-5,9,13,17H,3,6-8H2,1-2H3. The zero-order chi connectivity index (χ0) is 13.2. The highest BCUT2D eigenvalue weighted by atomic mass is 79.9. The highest BCUT2D eigenvalue weighted by Crippen LogP contribution is 2.39. The van der Waals surface area contributed by atoms with Crippen LogP contribution in [0.2, 0.25) is 0 Å². The summed E-state index contributed by atoms with van der Waals surface area (Å²) < 4.78 is 20.3. The maximum absolute atomic E-state index is 13.9. The number of methoxy groups -OCH3 is 1. The summed E-state index contributed by atoms with van der Waals surface area (Å²) in [6, 6.07) is 5.39. The molecule has 1 aliphatic rings. The van der Waals surface area contributed by atoms with Crippen molar-refractivity contribution in [2.45, 2.75) is 37.3 Å². The lowest BCUT2D eigenvalue weighted by Gasteiger charge is -2.46. The Labute approximate surface area is 116 Å². The number of ether oxygens (including phenoxy) is 1. The molecule has 100 valence electrons. The van der Waals surface area contributed by atoms with Crippen molar-refractivity contribution in [3.05, 3.63) is 34.1 Å². The highest BCUT2D eigenvalue weighted by Gasteiger charge is 2.43. The van der Waals surface area contributed by atoms with Gasteiger partial charge < -0.3 is 10.1 Å². The normalized spacial score (nSPS) is 19.3. The Bertz CT molecular complexity index is 415. The second-order valence-corrected chi connectivity index (χ2v) is 5.82. The van der Waals surface area contributed by atoms with Crippen molar-refractivity contribution < 1.29 is 9.13 Å². The molecule has 0 radical (unpaired) electrons. The molecule has 1 fully saturated rings. The van der Waals surface area contributed by atoms with E-state index in [0.29, 0.717) is 6.42 Å². The zero-order valence-electron chi connectivity index (χ0n) is 10.8. The molecule has 0 heterocycles. The summed E-state index contributed by atoms with van der Waals surface area (Å²) >= 11 is 3.28. The van der Waals surface area contributed by atoms with E-state index in [1.54, 1.807) is 7.11 Å². The zero-order valence-corrected chi connectivity index (χ0v) is 12.4. The molecular formula is C14H19BrFNO. The van der Waals surface area contributed by atoms with Crippen LogP contribution < -0.4 is 5.32 Å². The van der Waals surface area contributed by atoms with Crippen LogP contribution in [0.15, 0.2) is 22.7 Å². The van der Waals surface area contributed by atoms with Crippen molar-refractivity contribution in [3.63, 3.8) is 0 Å². The molecule has 0 bridgehead atoms. The third-order valence-electron chi connectivity index (χ3n) is 4.03. The van der Waals surface area contributed by atoms with Crippen LogP contribution in [-0.4, -0.2) is 25.8 Å². The molecule has 0 aromatic heterocycles. The van der Waals surface area contributed by atoms with Crippen LogP contribution in [0.4, 0.5) is 4.39 Å². The molecule has 1 aromatic rings. The van der Waals surface area contributed by atoms with E-state index in [0.717, 1.165) is 22.9 Å². The summed E-state index contributed by atoms with van der Waals surface area (Å²) in [6.07, 6.45) is 3.94. The largest absolute Gasteiger partial charge is 0.377 e. The maximum Gasteiger partial charge on any atom is 0.127 e. The second-order valence-electron chi connectivity index (χ2n) is 4.90. The van der Waals surface area contributed by atoms with Crippen LogP contribution in [0.1, 0.15) is 24.8 Å². The Hall–Kier alpha value is -0.450. The summed E-state index contributed by atoms with van der Waals surface area (Å²) in [5.41, 5.74) is 0.620. The molecule has 2 nitrogen and oxygen atoms in total. The van der Waals surface area contributed by atoms with Crippen molar-refractivity contribution in [2.24, 2.45) is 0 Å². The lowest BCUT2D eigenvalue weighted by molar-refractivity contribution is -0.0967. The molecule has 18 heavy (non-hydrogen) atoms. The number of halogens is 2. The van der Waals surface area contributed by atoms with E-state index in [4.69, 9.17) is 4.74 Å². The Morgan fingerprint density at radius 3 is 2.67 bits per heavy atom. The van der Waals surface area contributed by atoms with Gasteiger partial charge in [-0.3, -0.25) is 0 Å². The Morgan fingerprint density at radius 1 is 1.50 bits per heavy atom. The van der Waals surface area contributed by atoms with Crippen LogP contribution in [0, 0.1) is 5.82 Å². The summed E-state index contributed by atoms with van der Waals surface area (Å²) in [5, 5.41) is 3.28. The van der Waals surface area contributed by atoms with Gasteiger partial charge in [-0.2, -0.15) is 0 Å². The molecule has 0 amide bonds. The number of likely N-dealkylation sites (N-methyl/N-ethyl adjacent to an activating group) is 1. The van der Waals surface area contributed by atoms with E-state index in [2.05, 4.69) is 21.2 Å². The predicted molar refractivity (Wildman–Crippen MR) is 74.2 cm³/mol. The highest BCUT2D eigenvalue weighted by molar-refractivity contribution is 9.10. The minimum atomic E-state index is -0.157. The fourth-order valence-corrected chi connectivity index (χ4v) is 3.01. The van der Waals surface area contributed by atoms with Gasteiger partial charge in [0.15, 0.2) is 0 Å². The van der Waals surface area contributed by atoms with E-state index >= 15 is 0 Å². The molecule has 0 saturated heterocycles. The van der Waals surface area contributed by atoms with E-state index in [-0.39, 0.29) is 17.5 Å². The third kappa shape index (κ3) is 2.60. The molecule has 2 rings (SSSR count). The third-order valence-corrected chi connectivity index (χ3v) is 4.52. The van der Waals surface area contributed by atoms with Gasteiger partial charge in [0.25, 0.3) is 0 Å². The van der Waals surface area contributed by atoms with Gasteiger partial charge >= 0.3 is 0 Å². The number of hydrogen-bond acceptors (Lipinski definition) is 2. The van der Waals surface area contributed by atoms with Crippen LogP contribution in [0.25, 0.3) is 0 Å². The van der Waals surface area contributed by atoms with E-state index in [1.807, 2.05) is 19.2 Å². The molecule has 1 aliphatic carbocycles. The van der Waals surface area contributed by atoms with Gasteiger partial charge in [-0.05, 0) is 50.4 Å². The number of benzene rings is 1. The van der Waals surface area contributed by atoms with E-state index in [9.17, 15) is 4.39 Å². The van der Waals surface area contributed by atoms with Gasteiger partial charge in [0, 0.05) is 17.6 Å². The summed E-state index contributed by atoms with van der Waals surface area (Å²) in [5.74, 6) is -0.157. The van der Waals surface area contributed by atoms with Gasteiger partial charge in [0.2, 0.25) is 0 Å². The molecule has 1 unspecified atom stereocenters. The van der Waals surface area contributed by atoms with Crippen molar-refractivity contribution in [2.75, 3.05) is 14.2 Å². The molecule has 1 saturated carbocycles. The average molecular weight is 316 g/mol. The van der Waals surface area contributed by atoms with Crippen LogP contribution in [-0.2, 0) is 11.2 Å². The van der Waals surface area contributed by atoms with Gasteiger partial charge in [0.05, 0.1) is 5.60 Å². The topological polar surface area (TPSA) is 21.3 Å². The van der Waals surface area contributed by atoms with Gasteiger partial charge in [0.1, 0.15) is 5.82 Å².